The largest absolute Gasteiger partial charge is 0.388 e. The van der Waals surface area contributed by atoms with E-state index in [4.69, 9.17) is 23.7 Å². The van der Waals surface area contributed by atoms with Gasteiger partial charge < -0.3 is 64.5 Å². The summed E-state index contributed by atoms with van der Waals surface area (Å²) in [6, 6.07) is 0. The maximum atomic E-state index is 10.3. The lowest BCUT2D eigenvalue weighted by atomic mass is 10.0. The zero-order chi connectivity index (χ0) is 20.6. The highest BCUT2D eigenvalue weighted by Gasteiger charge is 2.47. The monoisotopic (exact) mass is 414 g/mol. The second kappa shape index (κ2) is 9.09. The van der Waals surface area contributed by atoms with Gasteiger partial charge in [-0.3, -0.25) is 0 Å². The number of rotatable bonds is 4. The van der Waals surface area contributed by atoms with Crippen LogP contribution in [0.2, 0.25) is 0 Å². The van der Waals surface area contributed by atoms with Gasteiger partial charge in [0.05, 0.1) is 19.8 Å². The predicted molar refractivity (Wildman–Crippen MR) is 83.2 cm³/mol. The normalized spacial score (nSPS) is 53.1. The third-order valence-electron chi connectivity index (χ3n) is 4.96. The summed E-state index contributed by atoms with van der Waals surface area (Å²) < 4.78 is 25.9. The van der Waals surface area contributed by atoms with Gasteiger partial charge >= 0.3 is 0 Å². The Labute approximate surface area is 159 Å². The van der Waals surface area contributed by atoms with E-state index in [-0.39, 0.29) is 19.8 Å². The zero-order valence-corrected chi connectivity index (χ0v) is 14.7. The van der Waals surface area contributed by atoms with Crippen LogP contribution in [-0.4, -0.2) is 134 Å². The number of ether oxygens (including phenoxy) is 5. The first-order valence-electron chi connectivity index (χ1n) is 8.81. The molecule has 13 nitrogen and oxygen atoms in total. The molecule has 8 N–H and O–H groups in total. The number of hydrogen-bond acceptors (Lipinski definition) is 13. The lowest BCUT2D eigenvalue weighted by molar-refractivity contribution is -0.346. The summed E-state index contributed by atoms with van der Waals surface area (Å²) in [6.45, 7) is -0.887. The molecule has 0 bridgehead atoms. The van der Waals surface area contributed by atoms with E-state index in [9.17, 15) is 40.9 Å². The van der Waals surface area contributed by atoms with Crippen LogP contribution in [0, 0.1) is 0 Å². The Bertz CT molecular complexity index is 464. The van der Waals surface area contributed by atoms with Gasteiger partial charge in [-0.15, -0.1) is 0 Å². The maximum absolute atomic E-state index is 10.3. The molecular weight excluding hydrogens is 388 g/mol. The fourth-order valence-electron chi connectivity index (χ4n) is 3.15. The van der Waals surface area contributed by atoms with Crippen molar-refractivity contribution >= 4 is 0 Å². The van der Waals surface area contributed by atoms with Gasteiger partial charge in [-0.2, -0.15) is 0 Å². The van der Waals surface area contributed by atoms with Crippen molar-refractivity contribution in [3.8, 4) is 0 Å². The molecule has 3 aliphatic rings. The highest BCUT2D eigenvalue weighted by molar-refractivity contribution is 4.89. The molecule has 164 valence electrons. The van der Waals surface area contributed by atoms with Gasteiger partial charge in [0, 0.05) is 0 Å². The lowest BCUT2D eigenvalue weighted by Gasteiger charge is -2.43. The van der Waals surface area contributed by atoms with E-state index in [1.165, 1.54) is 0 Å². The summed E-state index contributed by atoms with van der Waals surface area (Å²) in [6.07, 6.45) is -17.3. The van der Waals surface area contributed by atoms with Crippen LogP contribution in [0.1, 0.15) is 0 Å². The molecule has 3 heterocycles. The van der Waals surface area contributed by atoms with Gasteiger partial charge in [-0.25, -0.2) is 0 Å². The Kier molecular flexibility index (Phi) is 7.20. The number of aliphatic hydroxyl groups excluding tert-OH is 8. The van der Waals surface area contributed by atoms with Gasteiger partial charge in [-0.05, 0) is 0 Å². The van der Waals surface area contributed by atoms with Crippen LogP contribution in [-0.2, 0) is 23.7 Å². The molecule has 0 aromatic carbocycles. The van der Waals surface area contributed by atoms with E-state index < -0.39 is 73.8 Å². The molecule has 12 atom stereocenters. The summed E-state index contributed by atoms with van der Waals surface area (Å²) in [7, 11) is 0. The van der Waals surface area contributed by atoms with Crippen LogP contribution in [0.4, 0.5) is 0 Å². The molecule has 28 heavy (non-hydrogen) atoms. The summed E-state index contributed by atoms with van der Waals surface area (Å²) in [5.74, 6) is 0. The SMILES string of the molecule is O[C@@H]1[C@@H](O)[C@@H](O[C@@H]2CO[C@H](O[C@@H]3CO[C@H](O)[C@H](O)[C@H]3O)[C@H](O)[C@H]2O)OC[C@H]1O. The first kappa shape index (κ1) is 22.2. The minimum Gasteiger partial charge on any atom is -0.388 e. The highest BCUT2D eigenvalue weighted by Crippen LogP contribution is 2.26. The first-order chi connectivity index (χ1) is 13.2. The summed E-state index contributed by atoms with van der Waals surface area (Å²) >= 11 is 0. The topological polar surface area (TPSA) is 208 Å². The summed E-state index contributed by atoms with van der Waals surface area (Å²) in [5.41, 5.74) is 0. The minimum atomic E-state index is -1.63. The van der Waals surface area contributed by atoms with Crippen molar-refractivity contribution in [2.24, 2.45) is 0 Å². The Hall–Kier alpha value is -0.520. The molecule has 13 heteroatoms. The molecular formula is C15H26O13. The average molecular weight is 414 g/mol. The Balaban J connectivity index is 1.54. The molecule has 0 radical (unpaired) electrons. The van der Waals surface area contributed by atoms with Crippen molar-refractivity contribution in [2.75, 3.05) is 19.8 Å². The van der Waals surface area contributed by atoms with Crippen molar-refractivity contribution in [3.63, 3.8) is 0 Å². The molecule has 0 aromatic rings. The molecule has 0 spiro atoms. The van der Waals surface area contributed by atoms with Crippen molar-refractivity contribution in [1.82, 2.24) is 0 Å². The van der Waals surface area contributed by atoms with E-state index in [1.54, 1.807) is 0 Å². The third kappa shape index (κ3) is 4.46. The van der Waals surface area contributed by atoms with Crippen LogP contribution >= 0.6 is 0 Å². The molecule has 0 saturated carbocycles. The standard InChI is InChI=1S/C15H26O13/c16-4-1-25-14(11(21)7(4)17)28-6-3-26-15(12(22)9(6)19)27-5-2-24-13(23)10(20)8(5)18/h4-23H,1-3H2/t4-,5-,6-,7+,8+,9+,10-,11-,12-,13+,14-,15-/m1/s1. The average Bonchev–Trinajstić information content (AvgIpc) is 2.68. The van der Waals surface area contributed by atoms with E-state index in [2.05, 4.69) is 0 Å². The first-order valence-corrected chi connectivity index (χ1v) is 8.81. The van der Waals surface area contributed by atoms with E-state index in [0.717, 1.165) is 0 Å². The lowest BCUT2D eigenvalue weighted by Crippen LogP contribution is -2.61. The smallest absolute Gasteiger partial charge is 0.186 e. The third-order valence-corrected chi connectivity index (χ3v) is 4.96. The van der Waals surface area contributed by atoms with Crippen molar-refractivity contribution < 1.29 is 64.5 Å². The van der Waals surface area contributed by atoms with Crippen molar-refractivity contribution in [2.45, 2.75) is 73.8 Å². The Morgan fingerprint density at radius 2 is 0.964 bits per heavy atom. The Morgan fingerprint density at radius 3 is 1.57 bits per heavy atom. The highest BCUT2D eigenvalue weighted by atomic mass is 16.7. The molecule has 3 aliphatic heterocycles. The van der Waals surface area contributed by atoms with Gasteiger partial charge in [-0.1, -0.05) is 0 Å². The fourth-order valence-corrected chi connectivity index (χ4v) is 3.15. The molecule has 0 unspecified atom stereocenters. The molecule has 3 rings (SSSR count). The molecule has 0 aliphatic carbocycles. The Morgan fingerprint density at radius 1 is 0.500 bits per heavy atom. The summed E-state index contributed by atoms with van der Waals surface area (Å²) in [5, 5.41) is 78.3. The predicted octanol–water partition coefficient (Wildman–Crippen LogP) is -5.66. The van der Waals surface area contributed by atoms with Crippen LogP contribution < -0.4 is 0 Å². The van der Waals surface area contributed by atoms with Crippen LogP contribution in [0.3, 0.4) is 0 Å². The van der Waals surface area contributed by atoms with E-state index in [0.29, 0.717) is 0 Å². The quantitative estimate of drug-likeness (QED) is 0.216. The van der Waals surface area contributed by atoms with E-state index in [1.807, 2.05) is 0 Å². The number of hydrogen-bond donors (Lipinski definition) is 8. The molecule has 3 saturated heterocycles. The molecule has 0 amide bonds. The molecule has 0 aromatic heterocycles. The maximum Gasteiger partial charge on any atom is 0.186 e. The van der Waals surface area contributed by atoms with Crippen LogP contribution in [0.5, 0.6) is 0 Å². The second-order valence-corrected chi connectivity index (χ2v) is 6.99. The van der Waals surface area contributed by atoms with Crippen molar-refractivity contribution in [3.05, 3.63) is 0 Å². The molecule has 3 fully saturated rings. The van der Waals surface area contributed by atoms with E-state index >= 15 is 0 Å². The van der Waals surface area contributed by atoms with Gasteiger partial charge in [0.1, 0.15) is 54.9 Å². The summed E-state index contributed by atoms with van der Waals surface area (Å²) in [4.78, 5) is 0. The minimum absolute atomic E-state index is 0.287. The van der Waals surface area contributed by atoms with Crippen LogP contribution in [0.25, 0.3) is 0 Å². The van der Waals surface area contributed by atoms with Gasteiger partial charge in [0.25, 0.3) is 0 Å². The zero-order valence-electron chi connectivity index (χ0n) is 14.7. The number of aliphatic hydroxyl groups is 8. The van der Waals surface area contributed by atoms with Gasteiger partial charge in [0.15, 0.2) is 18.9 Å². The fraction of sp³-hybridized carbons (Fsp3) is 1.00. The second-order valence-electron chi connectivity index (χ2n) is 6.99. The van der Waals surface area contributed by atoms with Crippen LogP contribution in [0.15, 0.2) is 0 Å². The van der Waals surface area contributed by atoms with Gasteiger partial charge in [0.2, 0.25) is 0 Å². The van der Waals surface area contributed by atoms with Crippen molar-refractivity contribution in [1.29, 1.82) is 0 Å².